The van der Waals surface area contributed by atoms with E-state index in [0.717, 1.165) is 29.0 Å². The van der Waals surface area contributed by atoms with E-state index >= 15 is 0 Å². The van der Waals surface area contributed by atoms with Gasteiger partial charge in [-0.1, -0.05) is 24.3 Å². The Balaban J connectivity index is 2.18. The molecule has 1 aromatic heterocycles. The molecule has 0 N–H and O–H groups in total. The Hall–Kier alpha value is -1.87. The lowest BCUT2D eigenvalue weighted by atomic mass is 10.1. The Bertz CT molecular complexity index is 747. The predicted molar refractivity (Wildman–Crippen MR) is 80.4 cm³/mol. The van der Waals surface area contributed by atoms with Gasteiger partial charge >= 0.3 is 0 Å². The molecule has 2 nitrogen and oxygen atoms in total. The molecule has 0 saturated carbocycles. The summed E-state index contributed by atoms with van der Waals surface area (Å²) in [6.45, 7) is 2.84. The van der Waals surface area contributed by atoms with Gasteiger partial charge in [0.25, 0.3) is 0 Å². The van der Waals surface area contributed by atoms with Gasteiger partial charge in [-0.2, -0.15) is 0 Å². The number of benzene rings is 2. The predicted octanol–water partition coefficient (Wildman–Crippen LogP) is 4.60. The molecule has 0 radical (unpaired) electrons. The highest BCUT2D eigenvalue weighted by Crippen LogP contribution is 2.25. The van der Waals surface area contributed by atoms with Crippen LogP contribution in [0.4, 0.5) is 4.39 Å². The van der Waals surface area contributed by atoms with E-state index in [2.05, 4.69) is 16.5 Å². The normalized spacial score (nSPS) is 11.2. The van der Waals surface area contributed by atoms with Crippen molar-refractivity contribution in [3.05, 3.63) is 53.8 Å². The zero-order valence-electron chi connectivity index (χ0n) is 11.1. The van der Waals surface area contributed by atoms with Crippen LogP contribution in [0, 0.1) is 5.82 Å². The first-order chi connectivity index (χ1) is 9.72. The van der Waals surface area contributed by atoms with Crippen molar-refractivity contribution in [1.82, 2.24) is 9.55 Å². The standard InChI is InChI=1S/C16H14ClFN2/c1-2-20-15-8-7-13(18)9-14(15)19-16(20)12-5-3-11(10-17)4-6-12/h3-9H,2,10H2,1H3. The second-order valence-electron chi connectivity index (χ2n) is 4.64. The van der Waals surface area contributed by atoms with Crippen molar-refractivity contribution >= 4 is 22.6 Å². The summed E-state index contributed by atoms with van der Waals surface area (Å²) in [5.41, 5.74) is 3.71. The Kier molecular flexibility index (Phi) is 3.45. The van der Waals surface area contributed by atoms with Crippen LogP contribution in [-0.4, -0.2) is 9.55 Å². The minimum Gasteiger partial charge on any atom is -0.324 e. The fourth-order valence-corrected chi connectivity index (χ4v) is 2.56. The third-order valence-corrected chi connectivity index (χ3v) is 3.70. The summed E-state index contributed by atoms with van der Waals surface area (Å²) in [6.07, 6.45) is 0. The average Bonchev–Trinajstić information content (AvgIpc) is 2.84. The maximum absolute atomic E-state index is 13.3. The summed E-state index contributed by atoms with van der Waals surface area (Å²) < 4.78 is 15.4. The topological polar surface area (TPSA) is 17.8 Å². The van der Waals surface area contributed by atoms with Gasteiger partial charge in [-0.15, -0.1) is 11.6 Å². The van der Waals surface area contributed by atoms with E-state index in [0.29, 0.717) is 11.4 Å². The number of aromatic nitrogens is 2. The van der Waals surface area contributed by atoms with Crippen molar-refractivity contribution in [2.75, 3.05) is 0 Å². The molecule has 20 heavy (non-hydrogen) atoms. The molecule has 2 aromatic carbocycles. The van der Waals surface area contributed by atoms with Gasteiger partial charge in [0.05, 0.1) is 11.0 Å². The number of halogens is 2. The molecule has 1 heterocycles. The van der Waals surface area contributed by atoms with Gasteiger partial charge in [-0.25, -0.2) is 9.37 Å². The van der Waals surface area contributed by atoms with Crippen LogP contribution in [0.5, 0.6) is 0 Å². The van der Waals surface area contributed by atoms with Crippen molar-refractivity contribution in [2.24, 2.45) is 0 Å². The summed E-state index contributed by atoms with van der Waals surface area (Å²) in [5.74, 6) is 1.09. The summed E-state index contributed by atoms with van der Waals surface area (Å²) in [6, 6.07) is 12.7. The van der Waals surface area contributed by atoms with Gasteiger partial charge < -0.3 is 4.57 Å². The third kappa shape index (κ3) is 2.18. The average molecular weight is 289 g/mol. The van der Waals surface area contributed by atoms with Crippen molar-refractivity contribution in [3.8, 4) is 11.4 Å². The van der Waals surface area contributed by atoms with Crippen LogP contribution >= 0.6 is 11.6 Å². The number of nitrogens with zero attached hydrogens (tertiary/aromatic N) is 2. The second kappa shape index (κ2) is 5.25. The summed E-state index contributed by atoms with van der Waals surface area (Å²) in [7, 11) is 0. The largest absolute Gasteiger partial charge is 0.324 e. The minimum absolute atomic E-state index is 0.262. The van der Waals surface area contributed by atoms with Crippen molar-refractivity contribution in [3.63, 3.8) is 0 Å². The number of aryl methyl sites for hydroxylation is 1. The molecule has 3 aromatic rings. The lowest BCUT2D eigenvalue weighted by Crippen LogP contribution is -1.97. The van der Waals surface area contributed by atoms with Gasteiger partial charge in [0.15, 0.2) is 0 Å². The van der Waals surface area contributed by atoms with Crippen LogP contribution in [-0.2, 0) is 12.4 Å². The molecular formula is C16H14ClFN2. The molecule has 0 aliphatic carbocycles. The van der Waals surface area contributed by atoms with E-state index in [-0.39, 0.29) is 5.82 Å². The number of hydrogen-bond donors (Lipinski definition) is 0. The quantitative estimate of drug-likeness (QED) is 0.644. The van der Waals surface area contributed by atoms with Crippen molar-refractivity contribution in [1.29, 1.82) is 0 Å². The molecule has 0 unspecified atom stereocenters. The molecule has 0 atom stereocenters. The molecule has 0 fully saturated rings. The molecule has 4 heteroatoms. The number of fused-ring (bicyclic) bond motifs is 1. The number of imidazole rings is 1. The van der Waals surface area contributed by atoms with Gasteiger partial charge in [-0.05, 0) is 24.6 Å². The van der Waals surface area contributed by atoms with E-state index in [1.54, 1.807) is 6.07 Å². The maximum Gasteiger partial charge on any atom is 0.141 e. The van der Waals surface area contributed by atoms with Crippen LogP contribution < -0.4 is 0 Å². The van der Waals surface area contributed by atoms with E-state index in [9.17, 15) is 4.39 Å². The number of alkyl halides is 1. The minimum atomic E-state index is -0.262. The fourth-order valence-electron chi connectivity index (χ4n) is 2.39. The number of hydrogen-bond acceptors (Lipinski definition) is 1. The highest BCUT2D eigenvalue weighted by molar-refractivity contribution is 6.17. The van der Waals surface area contributed by atoms with E-state index in [4.69, 9.17) is 11.6 Å². The van der Waals surface area contributed by atoms with Crippen LogP contribution in [0.25, 0.3) is 22.4 Å². The number of rotatable bonds is 3. The van der Waals surface area contributed by atoms with Crippen LogP contribution in [0.3, 0.4) is 0 Å². The molecular weight excluding hydrogens is 275 g/mol. The lowest BCUT2D eigenvalue weighted by molar-refractivity contribution is 0.629. The summed E-state index contributed by atoms with van der Waals surface area (Å²) >= 11 is 5.80. The molecule has 102 valence electrons. The molecule has 0 amide bonds. The fraction of sp³-hybridized carbons (Fsp3) is 0.188. The molecule has 3 rings (SSSR count). The maximum atomic E-state index is 13.3. The first-order valence-electron chi connectivity index (χ1n) is 6.54. The smallest absolute Gasteiger partial charge is 0.141 e. The Morgan fingerprint density at radius 3 is 2.55 bits per heavy atom. The van der Waals surface area contributed by atoms with E-state index < -0.39 is 0 Å². The molecule has 0 bridgehead atoms. The summed E-state index contributed by atoms with van der Waals surface area (Å²) in [5, 5.41) is 0. The summed E-state index contributed by atoms with van der Waals surface area (Å²) in [4.78, 5) is 4.56. The van der Waals surface area contributed by atoms with Crippen LogP contribution in [0.2, 0.25) is 0 Å². The van der Waals surface area contributed by atoms with E-state index in [1.807, 2.05) is 24.3 Å². The third-order valence-electron chi connectivity index (χ3n) is 3.39. The molecule has 0 aliphatic rings. The highest BCUT2D eigenvalue weighted by atomic mass is 35.5. The molecule has 0 saturated heterocycles. The zero-order valence-corrected chi connectivity index (χ0v) is 11.9. The lowest BCUT2D eigenvalue weighted by Gasteiger charge is -2.06. The van der Waals surface area contributed by atoms with Gasteiger partial charge in [0.2, 0.25) is 0 Å². The van der Waals surface area contributed by atoms with Crippen molar-refractivity contribution in [2.45, 2.75) is 19.3 Å². The SMILES string of the molecule is CCn1c(-c2ccc(CCl)cc2)nc2cc(F)ccc21. The Morgan fingerprint density at radius 1 is 1.15 bits per heavy atom. The van der Waals surface area contributed by atoms with Gasteiger partial charge in [0, 0.05) is 24.1 Å². The molecule has 0 aliphatic heterocycles. The first kappa shape index (κ1) is 13.1. The van der Waals surface area contributed by atoms with Crippen LogP contribution in [0.15, 0.2) is 42.5 Å². The first-order valence-corrected chi connectivity index (χ1v) is 7.07. The molecule has 0 spiro atoms. The Morgan fingerprint density at radius 2 is 1.90 bits per heavy atom. The van der Waals surface area contributed by atoms with E-state index in [1.165, 1.54) is 12.1 Å². The highest BCUT2D eigenvalue weighted by Gasteiger charge is 2.11. The zero-order chi connectivity index (χ0) is 14.1. The monoisotopic (exact) mass is 288 g/mol. The van der Waals surface area contributed by atoms with Gasteiger partial charge in [-0.3, -0.25) is 0 Å². The van der Waals surface area contributed by atoms with Crippen molar-refractivity contribution < 1.29 is 4.39 Å². The Labute approximate surface area is 121 Å². The second-order valence-corrected chi connectivity index (χ2v) is 4.91. The van der Waals surface area contributed by atoms with Gasteiger partial charge in [0.1, 0.15) is 11.6 Å². The van der Waals surface area contributed by atoms with Crippen LogP contribution in [0.1, 0.15) is 12.5 Å².